The van der Waals surface area contributed by atoms with E-state index >= 15 is 0 Å². The smallest absolute Gasteiger partial charge is 0.0503 e. The molecule has 9 rings (SSSR count). The summed E-state index contributed by atoms with van der Waals surface area (Å²) in [4.78, 5) is 2.40. The van der Waals surface area contributed by atoms with Crippen LogP contribution >= 0.6 is 0 Å². The topological polar surface area (TPSA) is 3.24 Å². The second-order valence-corrected chi connectivity index (χ2v) is 13.8. The van der Waals surface area contributed by atoms with Crippen molar-refractivity contribution in [1.29, 1.82) is 0 Å². The maximum absolute atomic E-state index is 3.96. The summed E-state index contributed by atoms with van der Waals surface area (Å²) in [6.45, 7) is 6.19. The number of allylic oxidation sites excluding steroid dienone is 2. The van der Waals surface area contributed by atoms with Crippen LogP contribution in [0.3, 0.4) is 0 Å². The van der Waals surface area contributed by atoms with Crippen molar-refractivity contribution in [2.75, 3.05) is 4.90 Å². The van der Waals surface area contributed by atoms with E-state index in [1.807, 2.05) is 12.2 Å². The zero-order valence-electron chi connectivity index (χ0n) is 30.3. The summed E-state index contributed by atoms with van der Waals surface area (Å²) in [6, 6.07) is 68.3. The minimum atomic E-state index is 1.10. The van der Waals surface area contributed by atoms with Crippen molar-refractivity contribution in [2.24, 2.45) is 0 Å². The highest BCUT2D eigenvalue weighted by Gasteiger charge is 2.19. The number of fused-ring (bicyclic) bond motifs is 3. The summed E-state index contributed by atoms with van der Waals surface area (Å²) in [5.41, 5.74) is 13.0. The first-order chi connectivity index (χ1) is 26.6. The second kappa shape index (κ2) is 14.2. The Kier molecular flexibility index (Phi) is 8.67. The van der Waals surface area contributed by atoms with E-state index in [-0.39, 0.29) is 0 Å². The van der Waals surface area contributed by atoms with Gasteiger partial charge in [0.1, 0.15) is 0 Å². The SMILES string of the molecule is C=C/C=C\c1c(C)c(N(c2ccc(-c3ccc4cc(-c5ccccc5)ccc4c3)cc2)c2ccc(-c3cccc4ccccc34)cc2)cc2ccccc12. The average molecular weight is 690 g/mol. The van der Waals surface area contributed by atoms with Crippen LogP contribution in [0.2, 0.25) is 0 Å². The monoisotopic (exact) mass is 689 g/mol. The molecule has 0 atom stereocenters. The molecule has 0 unspecified atom stereocenters. The van der Waals surface area contributed by atoms with Crippen LogP contribution in [0.1, 0.15) is 11.1 Å². The molecule has 0 N–H and O–H groups in total. The third-order valence-electron chi connectivity index (χ3n) is 10.6. The molecule has 0 aliphatic heterocycles. The van der Waals surface area contributed by atoms with Crippen molar-refractivity contribution in [1.82, 2.24) is 0 Å². The van der Waals surface area contributed by atoms with Crippen LogP contribution in [0.15, 0.2) is 207 Å². The van der Waals surface area contributed by atoms with Crippen molar-refractivity contribution in [3.8, 4) is 33.4 Å². The Morgan fingerprint density at radius 2 is 0.963 bits per heavy atom. The first-order valence-corrected chi connectivity index (χ1v) is 18.5. The molecule has 256 valence electrons. The summed E-state index contributed by atoms with van der Waals surface area (Å²) in [5, 5.41) is 7.40. The molecule has 0 aliphatic rings. The fourth-order valence-electron chi connectivity index (χ4n) is 7.81. The molecule has 0 spiro atoms. The van der Waals surface area contributed by atoms with Crippen molar-refractivity contribution < 1.29 is 0 Å². The second-order valence-electron chi connectivity index (χ2n) is 13.8. The van der Waals surface area contributed by atoms with Gasteiger partial charge in [0.25, 0.3) is 0 Å². The lowest BCUT2D eigenvalue weighted by atomic mass is 9.95. The van der Waals surface area contributed by atoms with Crippen LogP contribution in [0.4, 0.5) is 17.1 Å². The Bertz CT molecular complexity index is 2820. The molecule has 0 fully saturated rings. The highest BCUT2D eigenvalue weighted by atomic mass is 15.1. The van der Waals surface area contributed by atoms with E-state index in [0.29, 0.717) is 0 Å². The lowest BCUT2D eigenvalue weighted by Crippen LogP contribution is -2.12. The molecule has 54 heavy (non-hydrogen) atoms. The van der Waals surface area contributed by atoms with Gasteiger partial charge in [0, 0.05) is 11.4 Å². The molecule has 0 aliphatic carbocycles. The largest absolute Gasteiger partial charge is 0.310 e. The first-order valence-electron chi connectivity index (χ1n) is 18.5. The average Bonchev–Trinajstić information content (AvgIpc) is 3.24. The van der Waals surface area contributed by atoms with E-state index in [1.54, 1.807) is 0 Å². The van der Waals surface area contributed by atoms with E-state index in [0.717, 1.165) is 17.1 Å². The Balaban J connectivity index is 1.14. The van der Waals surface area contributed by atoms with Crippen LogP contribution in [-0.2, 0) is 0 Å². The van der Waals surface area contributed by atoms with Crippen LogP contribution in [0, 0.1) is 6.92 Å². The number of hydrogen-bond donors (Lipinski definition) is 0. The van der Waals surface area contributed by atoms with Gasteiger partial charge in [-0.2, -0.15) is 0 Å². The number of rotatable bonds is 8. The van der Waals surface area contributed by atoms with Crippen LogP contribution in [-0.4, -0.2) is 0 Å². The summed E-state index contributed by atoms with van der Waals surface area (Å²) < 4.78 is 0. The molecule has 1 nitrogen and oxygen atoms in total. The molecule has 0 aromatic heterocycles. The number of benzene rings is 9. The van der Waals surface area contributed by atoms with Gasteiger partial charge in [0.15, 0.2) is 0 Å². The Morgan fingerprint density at radius 3 is 1.63 bits per heavy atom. The van der Waals surface area contributed by atoms with Gasteiger partial charge in [-0.15, -0.1) is 0 Å². The Labute approximate surface area is 317 Å². The van der Waals surface area contributed by atoms with Gasteiger partial charge in [-0.1, -0.05) is 170 Å². The van der Waals surface area contributed by atoms with E-state index in [9.17, 15) is 0 Å². The highest BCUT2D eigenvalue weighted by molar-refractivity contribution is 5.99. The molecule has 0 radical (unpaired) electrons. The fraction of sp³-hybridized carbons (Fsp3) is 0.0189. The number of hydrogen-bond acceptors (Lipinski definition) is 1. The minimum Gasteiger partial charge on any atom is -0.310 e. The van der Waals surface area contributed by atoms with Crippen LogP contribution in [0.5, 0.6) is 0 Å². The number of anilines is 3. The molecular weight excluding hydrogens is 651 g/mol. The molecule has 0 saturated carbocycles. The number of nitrogens with zero attached hydrogens (tertiary/aromatic N) is 1. The zero-order chi connectivity index (χ0) is 36.4. The third kappa shape index (κ3) is 6.16. The Hall–Kier alpha value is -6.96. The van der Waals surface area contributed by atoms with Gasteiger partial charge < -0.3 is 4.90 Å². The lowest BCUT2D eigenvalue weighted by Gasteiger charge is -2.29. The van der Waals surface area contributed by atoms with Gasteiger partial charge in [0.05, 0.1) is 5.69 Å². The highest BCUT2D eigenvalue weighted by Crippen LogP contribution is 2.42. The quantitative estimate of drug-likeness (QED) is 0.144. The van der Waals surface area contributed by atoms with Gasteiger partial charge in [-0.3, -0.25) is 0 Å². The van der Waals surface area contributed by atoms with E-state index in [2.05, 4.69) is 213 Å². The van der Waals surface area contributed by atoms with E-state index in [4.69, 9.17) is 0 Å². The standard InChI is InChI=1S/C53H39N/c1-3-4-18-49-37(2)53(36-46-16-9-11-20-52(46)49)54(48-32-28-41(29-33-48)51-21-12-17-40-15-8-10-19-50(40)51)47-30-26-39(27-31-47)43-23-25-44-34-42(22-24-45(44)35-43)38-13-6-5-7-14-38/h3-36H,1H2,2H3/b18-4-. The first kappa shape index (κ1) is 32.9. The maximum Gasteiger partial charge on any atom is 0.0503 e. The van der Waals surface area contributed by atoms with Crippen LogP contribution < -0.4 is 4.90 Å². The molecule has 9 aromatic carbocycles. The van der Waals surface area contributed by atoms with Crippen molar-refractivity contribution in [2.45, 2.75) is 6.92 Å². The van der Waals surface area contributed by atoms with Gasteiger partial charge >= 0.3 is 0 Å². The molecule has 0 heterocycles. The molecule has 0 amide bonds. The van der Waals surface area contributed by atoms with Crippen LogP contribution in [0.25, 0.3) is 71.8 Å². The van der Waals surface area contributed by atoms with Gasteiger partial charge in [-0.25, -0.2) is 0 Å². The predicted molar refractivity (Wildman–Crippen MR) is 234 cm³/mol. The molecule has 1 heteroatoms. The summed E-state index contributed by atoms with van der Waals surface area (Å²) in [7, 11) is 0. The fourth-order valence-corrected chi connectivity index (χ4v) is 7.81. The van der Waals surface area contributed by atoms with Gasteiger partial charge in [0.2, 0.25) is 0 Å². The maximum atomic E-state index is 3.96. The summed E-state index contributed by atoms with van der Waals surface area (Å²) >= 11 is 0. The molecule has 9 aromatic rings. The van der Waals surface area contributed by atoms with E-state index in [1.165, 1.54) is 76.8 Å². The normalized spacial score (nSPS) is 11.4. The van der Waals surface area contributed by atoms with Gasteiger partial charge in [-0.05, 0) is 126 Å². The molecule has 0 saturated heterocycles. The third-order valence-corrected chi connectivity index (χ3v) is 10.6. The van der Waals surface area contributed by atoms with Crippen molar-refractivity contribution >= 4 is 55.5 Å². The molecular formula is C53H39N. The summed E-state index contributed by atoms with van der Waals surface area (Å²) in [5.74, 6) is 0. The lowest BCUT2D eigenvalue weighted by molar-refractivity contribution is 1.25. The predicted octanol–water partition coefficient (Wildman–Crippen LogP) is 15.1. The molecule has 0 bridgehead atoms. The Morgan fingerprint density at radius 1 is 0.426 bits per heavy atom. The minimum absolute atomic E-state index is 1.10. The van der Waals surface area contributed by atoms with Crippen molar-refractivity contribution in [3.63, 3.8) is 0 Å². The zero-order valence-corrected chi connectivity index (χ0v) is 30.3. The van der Waals surface area contributed by atoms with E-state index < -0.39 is 0 Å². The van der Waals surface area contributed by atoms with Crippen molar-refractivity contribution in [3.05, 3.63) is 218 Å². The summed E-state index contributed by atoms with van der Waals surface area (Å²) in [6.07, 6.45) is 6.06.